The summed E-state index contributed by atoms with van der Waals surface area (Å²) in [6.07, 6.45) is 4.08. The number of aromatic nitrogens is 5. The van der Waals surface area contributed by atoms with Crippen LogP contribution in [0.15, 0.2) is 72.8 Å². The Balaban J connectivity index is 0.708. The number of aromatic hydroxyl groups is 3. The molecule has 19 nitrogen and oxygen atoms in total. The first-order chi connectivity index (χ1) is 37.0. The van der Waals surface area contributed by atoms with Crippen molar-refractivity contribution in [3.8, 4) is 34.3 Å². The number of nitrogens with one attached hydrogen (secondary N) is 2. The summed E-state index contributed by atoms with van der Waals surface area (Å²) < 4.78 is 1.65. The molecule has 0 spiro atoms. The Bertz CT molecular complexity index is 3050. The summed E-state index contributed by atoms with van der Waals surface area (Å²) in [5.41, 5.74) is 5.85. The van der Waals surface area contributed by atoms with Crippen LogP contribution in [-0.2, 0) is 35.5 Å². The summed E-state index contributed by atoms with van der Waals surface area (Å²) in [6.45, 7) is 17.6. The summed E-state index contributed by atoms with van der Waals surface area (Å²) in [7, 11) is 0. The van der Waals surface area contributed by atoms with Gasteiger partial charge in [-0.1, -0.05) is 50.2 Å². The lowest BCUT2D eigenvalue weighted by atomic mass is 9.95. The van der Waals surface area contributed by atoms with Gasteiger partial charge in [-0.2, -0.15) is 4.98 Å². The number of phenols is 3. The molecular formula is C57H71N13O6. The zero-order chi connectivity index (χ0) is 52.9. The minimum Gasteiger partial charge on any atom is -0.508 e. The number of phenolic OH excluding ortho intramolecular Hbond substituents is 3. The summed E-state index contributed by atoms with van der Waals surface area (Å²) in [5.74, 6) is 2.34. The minimum atomic E-state index is -0.378. The molecule has 4 aromatic carbocycles. The van der Waals surface area contributed by atoms with E-state index in [2.05, 4.69) is 58.6 Å². The highest BCUT2D eigenvalue weighted by molar-refractivity contribution is 5.96. The molecule has 10 rings (SSSR count). The third kappa shape index (κ3) is 11.4. The summed E-state index contributed by atoms with van der Waals surface area (Å²) in [5, 5.41) is 48.7. The molecule has 400 valence electrons. The van der Waals surface area contributed by atoms with Crippen LogP contribution in [0.5, 0.6) is 17.2 Å². The number of rotatable bonds is 16. The molecule has 0 unspecified atom stereocenters. The third-order valence-electron chi connectivity index (χ3n) is 15.6. The zero-order valence-electron chi connectivity index (χ0n) is 44.0. The predicted molar refractivity (Wildman–Crippen MR) is 293 cm³/mol. The largest absolute Gasteiger partial charge is 0.508 e. The zero-order valence-corrected chi connectivity index (χ0v) is 44.0. The fourth-order valence-corrected chi connectivity index (χ4v) is 11.4. The molecule has 5 N–H and O–H groups in total. The molecule has 4 aliphatic heterocycles. The Morgan fingerprint density at radius 2 is 1.46 bits per heavy atom. The number of amides is 3. The average Bonchev–Trinajstić information content (AvgIpc) is 3.89. The van der Waals surface area contributed by atoms with Gasteiger partial charge in [-0.3, -0.25) is 23.9 Å². The number of piperidine rings is 1. The van der Waals surface area contributed by atoms with Gasteiger partial charge in [0, 0.05) is 145 Å². The van der Waals surface area contributed by atoms with E-state index in [0.29, 0.717) is 99.6 Å². The summed E-state index contributed by atoms with van der Waals surface area (Å²) in [6, 6.07) is 22.7. The van der Waals surface area contributed by atoms with Crippen LogP contribution in [-0.4, -0.2) is 169 Å². The second-order valence-corrected chi connectivity index (χ2v) is 20.5. The molecule has 3 saturated heterocycles. The highest BCUT2D eigenvalue weighted by atomic mass is 16.3. The maximum atomic E-state index is 13.6. The molecule has 2 aromatic heterocycles. The standard InChI is InChI=1S/C57H71N13O6/c1-4-40-32-46(50(73)34-49(40)72)54-62-63-55(56(76)58-6-3)70(54)42-13-11-38(12-14-42)35-64-23-25-65(26-24-64)36-39-16-20-66(21-17-39)52(75)15-19-59-57-60-47-37-69(48-33-43(71)31-41-9-7-8-10-44(41)48)22-18-45(47)53(61-57)68-29-27-67(28-30-68)51(74)5-2/h7-14,31-34,39,71-73H,4-6,15-30,35-37H2,1-3H3,(H,58,76)(H,59,60,61). The Kier molecular flexibility index (Phi) is 15.8. The topological polar surface area (TPSA) is 212 Å². The maximum absolute atomic E-state index is 13.6. The first kappa shape index (κ1) is 52.0. The number of anilines is 3. The molecule has 19 heteroatoms. The Labute approximate surface area is 444 Å². The van der Waals surface area contributed by atoms with Gasteiger partial charge in [-0.25, -0.2) is 4.98 Å². The van der Waals surface area contributed by atoms with Gasteiger partial charge >= 0.3 is 0 Å². The number of aryl methyl sites for hydroxylation is 1. The average molecular weight is 1030 g/mol. The van der Waals surface area contributed by atoms with Crippen molar-refractivity contribution in [1.82, 2.24) is 49.6 Å². The van der Waals surface area contributed by atoms with E-state index < -0.39 is 0 Å². The normalized spacial score (nSPS) is 16.8. The van der Waals surface area contributed by atoms with Crippen molar-refractivity contribution in [2.75, 3.05) is 107 Å². The van der Waals surface area contributed by atoms with E-state index in [4.69, 9.17) is 9.97 Å². The van der Waals surface area contributed by atoms with Crippen molar-refractivity contribution >= 4 is 45.9 Å². The molecule has 3 amide bonds. The molecule has 0 bridgehead atoms. The number of nitrogens with zero attached hydrogens (tertiary/aromatic N) is 11. The Morgan fingerprint density at radius 1 is 0.724 bits per heavy atom. The van der Waals surface area contributed by atoms with E-state index in [9.17, 15) is 29.7 Å². The van der Waals surface area contributed by atoms with E-state index in [-0.39, 0.29) is 40.8 Å². The number of carbonyl (C=O) groups excluding carboxylic acids is 3. The molecule has 0 atom stereocenters. The lowest BCUT2D eigenvalue weighted by molar-refractivity contribution is -0.132. The highest BCUT2D eigenvalue weighted by Crippen LogP contribution is 2.38. The molecule has 6 aromatic rings. The SMILES string of the molecule is CCNC(=O)c1nnc(-c2cc(CC)c(O)cc2O)n1-c1ccc(CN2CCN(CC3CCN(C(=O)CCNc4nc5c(c(N6CCN(C(=O)CC)CC6)n4)CCN(c4cc(O)cc6ccccc46)C5)CC3)CC2)cc1. The van der Waals surface area contributed by atoms with Crippen LogP contribution in [0.2, 0.25) is 0 Å². The van der Waals surface area contributed by atoms with Crippen molar-refractivity contribution in [3.63, 3.8) is 0 Å². The van der Waals surface area contributed by atoms with E-state index in [1.807, 2.05) is 67.0 Å². The van der Waals surface area contributed by atoms with Crippen LogP contribution in [0.1, 0.15) is 79.5 Å². The number of likely N-dealkylation sites (tertiary alicyclic amines) is 1. The maximum Gasteiger partial charge on any atom is 0.289 e. The van der Waals surface area contributed by atoms with Crippen molar-refractivity contribution in [2.24, 2.45) is 5.92 Å². The van der Waals surface area contributed by atoms with Gasteiger partial charge in [-0.15, -0.1) is 10.2 Å². The molecular weight excluding hydrogens is 963 g/mol. The third-order valence-corrected chi connectivity index (χ3v) is 15.6. The van der Waals surface area contributed by atoms with Gasteiger partial charge < -0.3 is 50.5 Å². The number of carbonyl (C=O) groups is 3. The number of fused-ring (bicyclic) bond motifs is 2. The number of hydrogen-bond acceptors (Lipinski definition) is 15. The molecule has 3 fully saturated rings. The Morgan fingerprint density at radius 3 is 2.20 bits per heavy atom. The smallest absolute Gasteiger partial charge is 0.289 e. The lowest BCUT2D eigenvalue weighted by Crippen LogP contribution is -2.49. The van der Waals surface area contributed by atoms with Crippen LogP contribution in [0.25, 0.3) is 27.8 Å². The van der Waals surface area contributed by atoms with E-state index in [1.54, 1.807) is 16.7 Å². The van der Waals surface area contributed by atoms with Crippen LogP contribution >= 0.6 is 0 Å². The van der Waals surface area contributed by atoms with Crippen LogP contribution in [0, 0.1) is 5.92 Å². The van der Waals surface area contributed by atoms with Crippen molar-refractivity contribution in [2.45, 2.75) is 72.4 Å². The van der Waals surface area contributed by atoms with Crippen LogP contribution in [0.3, 0.4) is 0 Å². The Hall–Kier alpha value is -7.51. The lowest BCUT2D eigenvalue weighted by Gasteiger charge is -2.39. The van der Waals surface area contributed by atoms with Gasteiger partial charge in [0.1, 0.15) is 23.1 Å². The number of piperazine rings is 2. The molecule has 0 radical (unpaired) electrons. The fourth-order valence-electron chi connectivity index (χ4n) is 11.4. The quantitative estimate of drug-likeness (QED) is 0.0777. The van der Waals surface area contributed by atoms with Crippen LogP contribution in [0.4, 0.5) is 17.5 Å². The van der Waals surface area contributed by atoms with Crippen LogP contribution < -0.4 is 20.4 Å². The first-order valence-corrected chi connectivity index (χ1v) is 27.2. The molecule has 0 aliphatic carbocycles. The van der Waals surface area contributed by atoms with Gasteiger partial charge in [-0.05, 0) is 79.3 Å². The van der Waals surface area contributed by atoms with Crippen molar-refractivity contribution in [3.05, 3.63) is 101 Å². The number of benzene rings is 4. The molecule has 76 heavy (non-hydrogen) atoms. The van der Waals surface area contributed by atoms with Crippen molar-refractivity contribution < 1.29 is 29.7 Å². The minimum absolute atomic E-state index is 0.00183. The second kappa shape index (κ2) is 23.2. The van der Waals surface area contributed by atoms with Crippen molar-refractivity contribution in [1.29, 1.82) is 0 Å². The second-order valence-electron chi connectivity index (χ2n) is 20.5. The summed E-state index contributed by atoms with van der Waals surface area (Å²) in [4.78, 5) is 63.0. The monoisotopic (exact) mass is 1030 g/mol. The fraction of sp³-hybridized carbons (Fsp3) is 0.456. The van der Waals surface area contributed by atoms with E-state index >= 15 is 0 Å². The van der Waals surface area contributed by atoms with E-state index in [0.717, 1.165) is 117 Å². The first-order valence-electron chi connectivity index (χ1n) is 27.2. The van der Waals surface area contributed by atoms with Gasteiger partial charge in [0.05, 0.1) is 17.8 Å². The van der Waals surface area contributed by atoms with Gasteiger partial charge in [0.2, 0.25) is 23.6 Å². The highest BCUT2D eigenvalue weighted by Gasteiger charge is 2.31. The summed E-state index contributed by atoms with van der Waals surface area (Å²) >= 11 is 0. The number of hydrogen-bond donors (Lipinski definition) is 5. The van der Waals surface area contributed by atoms with Gasteiger partial charge in [0.25, 0.3) is 5.91 Å². The molecule has 4 aliphatic rings. The predicted octanol–water partition coefficient (Wildman–Crippen LogP) is 5.79. The molecule has 0 saturated carbocycles. The molecule has 6 heterocycles. The van der Waals surface area contributed by atoms with Gasteiger partial charge in [0.15, 0.2) is 5.82 Å². The van der Waals surface area contributed by atoms with E-state index in [1.165, 1.54) is 6.07 Å².